The Bertz CT molecular complexity index is 887. The van der Waals surface area contributed by atoms with Crippen molar-refractivity contribution in [2.75, 3.05) is 5.32 Å². The van der Waals surface area contributed by atoms with Gasteiger partial charge in [0, 0.05) is 12.7 Å². The van der Waals surface area contributed by atoms with Gasteiger partial charge in [-0.15, -0.1) is 10.2 Å². The zero-order valence-corrected chi connectivity index (χ0v) is 15.4. The summed E-state index contributed by atoms with van der Waals surface area (Å²) in [5.74, 6) is 1.21. The van der Waals surface area contributed by atoms with Crippen molar-refractivity contribution in [3.8, 4) is 11.6 Å². The Hall–Kier alpha value is -2.54. The third kappa shape index (κ3) is 3.76. The van der Waals surface area contributed by atoms with Gasteiger partial charge in [0.15, 0.2) is 16.7 Å². The Morgan fingerprint density at radius 3 is 2.76 bits per heavy atom. The molecule has 2 aromatic heterocycles. The van der Waals surface area contributed by atoms with Crippen LogP contribution in [-0.2, 0) is 11.8 Å². The van der Waals surface area contributed by atoms with Crippen molar-refractivity contribution in [2.45, 2.75) is 31.2 Å². The SMILES string of the molecule is Cc1ccc(NC(=O)[C@H](C)Sc2nnc(-c3ccco3)n2C)c(C)c1. The van der Waals surface area contributed by atoms with Crippen molar-refractivity contribution in [3.63, 3.8) is 0 Å². The van der Waals surface area contributed by atoms with Gasteiger partial charge in [-0.2, -0.15) is 0 Å². The molecule has 0 fully saturated rings. The molecule has 0 bridgehead atoms. The maximum Gasteiger partial charge on any atom is 0.237 e. The van der Waals surface area contributed by atoms with Crippen LogP contribution < -0.4 is 5.32 Å². The van der Waals surface area contributed by atoms with E-state index in [9.17, 15) is 4.79 Å². The molecule has 2 heterocycles. The van der Waals surface area contributed by atoms with Gasteiger partial charge in [0.2, 0.25) is 5.91 Å². The van der Waals surface area contributed by atoms with Crippen LogP contribution in [0.4, 0.5) is 5.69 Å². The van der Waals surface area contributed by atoms with Crippen molar-refractivity contribution < 1.29 is 9.21 Å². The number of hydrogen-bond acceptors (Lipinski definition) is 5. The van der Waals surface area contributed by atoms with E-state index >= 15 is 0 Å². The molecule has 6 nitrogen and oxygen atoms in total. The van der Waals surface area contributed by atoms with Gasteiger partial charge in [-0.25, -0.2) is 0 Å². The molecule has 130 valence electrons. The quantitative estimate of drug-likeness (QED) is 0.704. The standard InChI is InChI=1S/C18H20N4O2S/c1-11-7-8-14(12(2)10-11)19-17(23)13(3)25-18-21-20-16(22(18)4)15-6-5-9-24-15/h5-10,13H,1-4H3,(H,19,23)/t13-/m0/s1. The first kappa shape index (κ1) is 17.3. The lowest BCUT2D eigenvalue weighted by Crippen LogP contribution is -2.23. The number of thioether (sulfide) groups is 1. The van der Waals surface area contributed by atoms with Crippen molar-refractivity contribution >= 4 is 23.4 Å². The van der Waals surface area contributed by atoms with E-state index in [4.69, 9.17) is 4.42 Å². The van der Waals surface area contributed by atoms with E-state index in [1.165, 1.54) is 17.3 Å². The van der Waals surface area contributed by atoms with Crippen molar-refractivity contribution in [1.29, 1.82) is 0 Å². The Labute approximate surface area is 150 Å². The van der Waals surface area contributed by atoms with Gasteiger partial charge < -0.3 is 14.3 Å². The number of anilines is 1. The molecule has 3 aromatic rings. The second kappa shape index (κ2) is 7.14. The maximum atomic E-state index is 12.5. The highest BCUT2D eigenvalue weighted by Crippen LogP contribution is 2.27. The lowest BCUT2D eigenvalue weighted by Gasteiger charge is -2.13. The Balaban J connectivity index is 1.69. The molecule has 7 heteroatoms. The molecular formula is C18H20N4O2S. The predicted molar refractivity (Wildman–Crippen MR) is 98.6 cm³/mol. The van der Waals surface area contributed by atoms with Crippen LogP contribution in [0.1, 0.15) is 18.1 Å². The summed E-state index contributed by atoms with van der Waals surface area (Å²) in [6.45, 7) is 5.87. The summed E-state index contributed by atoms with van der Waals surface area (Å²) in [6, 6.07) is 9.59. The molecule has 0 aliphatic carbocycles. The second-order valence-electron chi connectivity index (χ2n) is 5.91. The average Bonchev–Trinajstić information content (AvgIpc) is 3.20. The van der Waals surface area contributed by atoms with E-state index < -0.39 is 0 Å². The third-order valence-electron chi connectivity index (χ3n) is 3.87. The molecule has 3 rings (SSSR count). The van der Waals surface area contributed by atoms with Gasteiger partial charge in [0.25, 0.3) is 0 Å². The molecular weight excluding hydrogens is 336 g/mol. The lowest BCUT2D eigenvalue weighted by molar-refractivity contribution is -0.115. The average molecular weight is 356 g/mol. The molecule has 25 heavy (non-hydrogen) atoms. The van der Waals surface area contributed by atoms with Crippen LogP contribution >= 0.6 is 11.8 Å². The first-order chi connectivity index (χ1) is 12.0. The van der Waals surface area contributed by atoms with E-state index in [0.29, 0.717) is 16.7 Å². The van der Waals surface area contributed by atoms with Gasteiger partial charge >= 0.3 is 0 Å². The van der Waals surface area contributed by atoms with E-state index in [1.807, 2.05) is 56.7 Å². The Kier molecular flexibility index (Phi) is 4.94. The number of rotatable bonds is 5. The monoisotopic (exact) mass is 356 g/mol. The van der Waals surface area contributed by atoms with Crippen LogP contribution in [0, 0.1) is 13.8 Å². The smallest absolute Gasteiger partial charge is 0.237 e. The fourth-order valence-corrected chi connectivity index (χ4v) is 3.25. The van der Waals surface area contributed by atoms with Gasteiger partial charge in [-0.05, 0) is 44.5 Å². The fourth-order valence-electron chi connectivity index (χ4n) is 2.44. The number of carbonyl (C=O) groups excluding carboxylic acids is 1. The Morgan fingerprint density at radius 2 is 2.08 bits per heavy atom. The highest BCUT2D eigenvalue weighted by atomic mass is 32.2. The maximum absolute atomic E-state index is 12.5. The van der Waals surface area contributed by atoms with Crippen molar-refractivity contribution in [1.82, 2.24) is 14.8 Å². The number of furan rings is 1. The van der Waals surface area contributed by atoms with E-state index in [-0.39, 0.29) is 11.2 Å². The zero-order valence-electron chi connectivity index (χ0n) is 14.6. The summed E-state index contributed by atoms with van der Waals surface area (Å²) in [6.07, 6.45) is 1.59. The van der Waals surface area contributed by atoms with Gasteiger partial charge in [0.1, 0.15) is 0 Å². The predicted octanol–water partition coefficient (Wildman–Crippen LogP) is 3.81. The number of amides is 1. The van der Waals surface area contributed by atoms with E-state index in [0.717, 1.165) is 11.3 Å². The molecule has 0 saturated carbocycles. The molecule has 0 spiro atoms. The van der Waals surface area contributed by atoms with Crippen LogP contribution in [0.2, 0.25) is 0 Å². The highest BCUT2D eigenvalue weighted by molar-refractivity contribution is 8.00. The Morgan fingerprint density at radius 1 is 1.28 bits per heavy atom. The third-order valence-corrected chi connectivity index (χ3v) is 5.00. The lowest BCUT2D eigenvalue weighted by atomic mass is 10.1. The minimum atomic E-state index is -0.312. The van der Waals surface area contributed by atoms with E-state index in [2.05, 4.69) is 15.5 Å². The van der Waals surface area contributed by atoms with Crippen molar-refractivity contribution in [2.24, 2.45) is 7.05 Å². The summed E-state index contributed by atoms with van der Waals surface area (Å²) in [4.78, 5) is 12.5. The summed E-state index contributed by atoms with van der Waals surface area (Å²) < 4.78 is 7.18. The molecule has 1 atom stereocenters. The van der Waals surface area contributed by atoms with Gasteiger partial charge in [-0.3, -0.25) is 4.79 Å². The second-order valence-corrected chi connectivity index (χ2v) is 7.22. The number of nitrogens with one attached hydrogen (secondary N) is 1. The molecule has 0 aliphatic rings. The molecule has 1 N–H and O–H groups in total. The molecule has 0 unspecified atom stereocenters. The first-order valence-corrected chi connectivity index (χ1v) is 8.81. The molecule has 0 saturated heterocycles. The number of benzene rings is 1. The first-order valence-electron chi connectivity index (χ1n) is 7.93. The van der Waals surface area contributed by atoms with Gasteiger partial charge in [0.05, 0.1) is 11.5 Å². The number of aryl methyl sites for hydroxylation is 2. The number of nitrogens with zero attached hydrogens (tertiary/aromatic N) is 3. The van der Waals surface area contributed by atoms with Crippen LogP contribution in [0.5, 0.6) is 0 Å². The summed E-state index contributed by atoms with van der Waals surface area (Å²) in [7, 11) is 1.86. The van der Waals surface area contributed by atoms with Crippen LogP contribution in [0.3, 0.4) is 0 Å². The van der Waals surface area contributed by atoms with Gasteiger partial charge in [-0.1, -0.05) is 29.5 Å². The minimum absolute atomic E-state index is 0.0699. The van der Waals surface area contributed by atoms with Crippen LogP contribution in [0.25, 0.3) is 11.6 Å². The molecule has 1 aromatic carbocycles. The van der Waals surface area contributed by atoms with Crippen molar-refractivity contribution in [3.05, 3.63) is 47.7 Å². The number of carbonyl (C=O) groups is 1. The number of hydrogen-bond donors (Lipinski definition) is 1. The summed E-state index contributed by atoms with van der Waals surface area (Å²) in [5.41, 5.74) is 3.05. The minimum Gasteiger partial charge on any atom is -0.461 e. The fraction of sp³-hybridized carbons (Fsp3) is 0.278. The topological polar surface area (TPSA) is 73.0 Å². The normalized spacial score (nSPS) is 12.2. The molecule has 0 aliphatic heterocycles. The highest BCUT2D eigenvalue weighted by Gasteiger charge is 2.20. The molecule has 1 amide bonds. The largest absolute Gasteiger partial charge is 0.461 e. The van der Waals surface area contributed by atoms with Crippen LogP contribution in [0.15, 0.2) is 46.2 Å². The summed E-state index contributed by atoms with van der Waals surface area (Å²) in [5, 5.41) is 11.6. The zero-order chi connectivity index (χ0) is 18.0. The van der Waals surface area contributed by atoms with Crippen LogP contribution in [-0.4, -0.2) is 25.9 Å². The number of aromatic nitrogens is 3. The summed E-state index contributed by atoms with van der Waals surface area (Å²) >= 11 is 1.36. The van der Waals surface area contributed by atoms with E-state index in [1.54, 1.807) is 12.3 Å². The molecule has 0 radical (unpaired) electrons.